The highest BCUT2D eigenvalue weighted by atomic mass is 16.5. The van der Waals surface area contributed by atoms with Crippen LogP contribution in [-0.4, -0.2) is 13.2 Å². The van der Waals surface area contributed by atoms with Crippen molar-refractivity contribution < 1.29 is 4.74 Å². The van der Waals surface area contributed by atoms with E-state index >= 15 is 0 Å². The lowest BCUT2D eigenvalue weighted by atomic mass is 9.94. The summed E-state index contributed by atoms with van der Waals surface area (Å²) in [7, 11) is 1.69. The second-order valence-corrected chi connectivity index (χ2v) is 5.72. The van der Waals surface area contributed by atoms with Gasteiger partial charge in [0.2, 0.25) is 0 Å². The van der Waals surface area contributed by atoms with E-state index in [9.17, 15) is 0 Å². The molecule has 2 heteroatoms. The van der Waals surface area contributed by atoms with Crippen molar-refractivity contribution in [3.63, 3.8) is 0 Å². The highest BCUT2D eigenvalue weighted by Crippen LogP contribution is 2.17. The molecule has 0 aliphatic rings. The van der Waals surface area contributed by atoms with Crippen LogP contribution in [0.3, 0.4) is 0 Å². The number of rotatable bonds is 6. The molecular formula is C19H25NO. The molecule has 21 heavy (non-hydrogen) atoms. The molecule has 0 fully saturated rings. The van der Waals surface area contributed by atoms with Gasteiger partial charge < -0.3 is 10.5 Å². The largest absolute Gasteiger partial charge is 0.497 e. The van der Waals surface area contributed by atoms with Gasteiger partial charge in [-0.05, 0) is 67.5 Å². The molecule has 0 saturated heterocycles. The molecule has 112 valence electrons. The summed E-state index contributed by atoms with van der Waals surface area (Å²) in [6.45, 7) is 4.33. The second kappa shape index (κ2) is 7.28. The number of hydrogen-bond donors (Lipinski definition) is 1. The number of benzene rings is 2. The Balaban J connectivity index is 1.91. The number of nitrogens with two attached hydrogens (primary N) is 1. The van der Waals surface area contributed by atoms with E-state index in [0.29, 0.717) is 0 Å². The van der Waals surface area contributed by atoms with Gasteiger partial charge in [0, 0.05) is 6.04 Å². The molecule has 2 N–H and O–H groups in total. The Hall–Kier alpha value is -1.80. The van der Waals surface area contributed by atoms with E-state index in [-0.39, 0.29) is 6.04 Å². The van der Waals surface area contributed by atoms with Gasteiger partial charge >= 0.3 is 0 Å². The fourth-order valence-electron chi connectivity index (χ4n) is 2.68. The predicted molar refractivity (Wildman–Crippen MR) is 88.9 cm³/mol. The third kappa shape index (κ3) is 4.33. The van der Waals surface area contributed by atoms with Gasteiger partial charge in [-0.2, -0.15) is 0 Å². The zero-order valence-corrected chi connectivity index (χ0v) is 13.2. The first kappa shape index (κ1) is 15.6. The SMILES string of the molecule is COc1ccc(CCC(N)Cc2c(C)cccc2C)cc1. The van der Waals surface area contributed by atoms with E-state index in [1.807, 2.05) is 12.1 Å². The van der Waals surface area contributed by atoms with Crippen LogP contribution < -0.4 is 10.5 Å². The number of ether oxygens (including phenoxy) is 1. The molecule has 0 saturated carbocycles. The molecule has 0 radical (unpaired) electrons. The van der Waals surface area contributed by atoms with Crippen LogP contribution in [0.5, 0.6) is 5.75 Å². The predicted octanol–water partition coefficient (Wildman–Crippen LogP) is 3.81. The van der Waals surface area contributed by atoms with Crippen molar-refractivity contribution >= 4 is 0 Å². The molecule has 0 heterocycles. The van der Waals surface area contributed by atoms with Crippen LogP contribution in [0.15, 0.2) is 42.5 Å². The van der Waals surface area contributed by atoms with Gasteiger partial charge in [0.05, 0.1) is 7.11 Å². The fraction of sp³-hybridized carbons (Fsp3) is 0.368. The lowest BCUT2D eigenvalue weighted by molar-refractivity contribution is 0.414. The Labute approximate surface area is 127 Å². The first-order chi connectivity index (χ1) is 10.1. The van der Waals surface area contributed by atoms with Crippen molar-refractivity contribution in [2.45, 2.75) is 39.2 Å². The lowest BCUT2D eigenvalue weighted by Crippen LogP contribution is -2.24. The van der Waals surface area contributed by atoms with Gasteiger partial charge in [-0.1, -0.05) is 30.3 Å². The topological polar surface area (TPSA) is 35.2 Å². The third-order valence-corrected chi connectivity index (χ3v) is 4.07. The minimum absolute atomic E-state index is 0.201. The molecule has 0 amide bonds. The second-order valence-electron chi connectivity index (χ2n) is 5.72. The Morgan fingerprint density at radius 3 is 2.19 bits per heavy atom. The molecule has 2 aromatic rings. The summed E-state index contributed by atoms with van der Waals surface area (Å²) in [6.07, 6.45) is 2.96. The summed E-state index contributed by atoms with van der Waals surface area (Å²) in [5.74, 6) is 0.901. The molecule has 1 unspecified atom stereocenters. The van der Waals surface area contributed by atoms with Crippen molar-refractivity contribution in [3.8, 4) is 5.75 Å². The summed E-state index contributed by atoms with van der Waals surface area (Å²) in [6, 6.07) is 14.9. The van der Waals surface area contributed by atoms with Gasteiger partial charge in [-0.15, -0.1) is 0 Å². The molecule has 0 bridgehead atoms. The third-order valence-electron chi connectivity index (χ3n) is 4.07. The lowest BCUT2D eigenvalue weighted by Gasteiger charge is -2.15. The summed E-state index contributed by atoms with van der Waals surface area (Å²) in [5, 5.41) is 0. The first-order valence-corrected chi connectivity index (χ1v) is 7.53. The normalized spacial score (nSPS) is 12.2. The van der Waals surface area contributed by atoms with Crippen molar-refractivity contribution in [1.29, 1.82) is 0 Å². The molecule has 0 aromatic heterocycles. The van der Waals surface area contributed by atoms with Crippen LogP contribution in [0, 0.1) is 13.8 Å². The fourth-order valence-corrected chi connectivity index (χ4v) is 2.68. The zero-order chi connectivity index (χ0) is 15.2. The Morgan fingerprint density at radius 2 is 1.62 bits per heavy atom. The van der Waals surface area contributed by atoms with Crippen LogP contribution in [0.25, 0.3) is 0 Å². The summed E-state index contributed by atoms with van der Waals surface area (Å²) < 4.78 is 5.18. The van der Waals surface area contributed by atoms with E-state index < -0.39 is 0 Å². The van der Waals surface area contributed by atoms with Crippen LogP contribution in [0.1, 0.15) is 28.7 Å². The Morgan fingerprint density at radius 1 is 1.00 bits per heavy atom. The highest BCUT2D eigenvalue weighted by molar-refractivity contribution is 5.34. The standard InChI is InChI=1S/C19H25NO/c1-14-5-4-6-15(2)19(14)13-17(20)10-7-16-8-11-18(21-3)12-9-16/h4-6,8-9,11-12,17H,7,10,13,20H2,1-3H3. The molecule has 0 aliphatic carbocycles. The van der Waals surface area contributed by atoms with Crippen molar-refractivity contribution in [1.82, 2.24) is 0 Å². The minimum Gasteiger partial charge on any atom is -0.497 e. The average molecular weight is 283 g/mol. The van der Waals surface area contributed by atoms with E-state index in [2.05, 4.69) is 44.2 Å². The van der Waals surface area contributed by atoms with Gasteiger partial charge in [0.15, 0.2) is 0 Å². The molecule has 0 aliphatic heterocycles. The molecule has 2 aromatic carbocycles. The summed E-state index contributed by atoms with van der Waals surface area (Å²) in [4.78, 5) is 0. The van der Waals surface area contributed by atoms with Crippen molar-refractivity contribution in [3.05, 3.63) is 64.7 Å². The van der Waals surface area contributed by atoms with E-state index in [0.717, 1.165) is 25.0 Å². The van der Waals surface area contributed by atoms with Crippen molar-refractivity contribution in [2.24, 2.45) is 5.73 Å². The first-order valence-electron chi connectivity index (χ1n) is 7.53. The van der Waals surface area contributed by atoms with Crippen LogP contribution in [0.2, 0.25) is 0 Å². The average Bonchev–Trinajstić information content (AvgIpc) is 2.49. The maximum absolute atomic E-state index is 6.32. The van der Waals surface area contributed by atoms with Gasteiger partial charge in [0.1, 0.15) is 5.75 Å². The minimum atomic E-state index is 0.201. The van der Waals surface area contributed by atoms with Gasteiger partial charge in [-0.3, -0.25) is 0 Å². The van der Waals surface area contributed by atoms with Crippen LogP contribution in [-0.2, 0) is 12.8 Å². The molecular weight excluding hydrogens is 258 g/mol. The highest BCUT2D eigenvalue weighted by Gasteiger charge is 2.09. The van der Waals surface area contributed by atoms with E-state index in [4.69, 9.17) is 10.5 Å². The monoisotopic (exact) mass is 283 g/mol. The summed E-state index contributed by atoms with van der Waals surface area (Å²) >= 11 is 0. The Kier molecular flexibility index (Phi) is 5.40. The molecule has 2 rings (SSSR count). The van der Waals surface area contributed by atoms with Crippen molar-refractivity contribution in [2.75, 3.05) is 7.11 Å². The van der Waals surface area contributed by atoms with E-state index in [1.165, 1.54) is 22.3 Å². The maximum Gasteiger partial charge on any atom is 0.118 e. The van der Waals surface area contributed by atoms with Crippen LogP contribution >= 0.6 is 0 Å². The van der Waals surface area contributed by atoms with Gasteiger partial charge in [-0.25, -0.2) is 0 Å². The quantitative estimate of drug-likeness (QED) is 0.875. The Bertz CT molecular complexity index is 554. The zero-order valence-electron chi connectivity index (χ0n) is 13.2. The smallest absolute Gasteiger partial charge is 0.118 e. The number of methoxy groups -OCH3 is 1. The molecule has 2 nitrogen and oxygen atoms in total. The van der Waals surface area contributed by atoms with Crippen LogP contribution in [0.4, 0.5) is 0 Å². The molecule has 0 spiro atoms. The number of aryl methyl sites for hydroxylation is 3. The van der Waals surface area contributed by atoms with Gasteiger partial charge in [0.25, 0.3) is 0 Å². The molecule has 1 atom stereocenters. The maximum atomic E-state index is 6.32. The number of hydrogen-bond acceptors (Lipinski definition) is 2. The summed E-state index contributed by atoms with van der Waals surface area (Å²) in [5.41, 5.74) is 11.7. The van der Waals surface area contributed by atoms with E-state index in [1.54, 1.807) is 7.11 Å².